The molecule has 0 aliphatic carbocycles. The molecule has 0 atom stereocenters. The minimum absolute atomic E-state index is 0.205. The molecule has 1 aliphatic rings. The first-order chi connectivity index (χ1) is 11.2. The highest BCUT2D eigenvalue weighted by Gasteiger charge is 2.19. The van der Waals surface area contributed by atoms with Crippen molar-refractivity contribution in [1.29, 1.82) is 0 Å². The van der Waals surface area contributed by atoms with Gasteiger partial charge in [-0.15, -0.1) is 0 Å². The molecule has 1 fully saturated rings. The molecule has 1 aromatic rings. The van der Waals surface area contributed by atoms with Crippen LogP contribution in [0.2, 0.25) is 0 Å². The number of carbonyl (C=O) groups is 1. The summed E-state index contributed by atoms with van der Waals surface area (Å²) in [6, 6.07) is 10.0. The van der Waals surface area contributed by atoms with E-state index in [0.29, 0.717) is 6.42 Å². The lowest BCUT2D eigenvalue weighted by Crippen LogP contribution is -2.48. The Morgan fingerprint density at radius 1 is 1.09 bits per heavy atom. The third-order valence-corrected chi connectivity index (χ3v) is 4.49. The van der Waals surface area contributed by atoms with Gasteiger partial charge in [-0.2, -0.15) is 0 Å². The average molecular weight is 317 g/mol. The van der Waals surface area contributed by atoms with E-state index in [1.54, 1.807) is 0 Å². The summed E-state index contributed by atoms with van der Waals surface area (Å²) in [5.74, 6) is 0.205. The maximum Gasteiger partial charge on any atom is 0.226 e. The molecule has 0 saturated carbocycles. The second-order valence-corrected chi connectivity index (χ2v) is 6.32. The van der Waals surface area contributed by atoms with Gasteiger partial charge in [-0.25, -0.2) is 0 Å². The maximum absolute atomic E-state index is 12.3. The Bertz CT molecular complexity index is 463. The Hall–Kier alpha value is -1.39. The van der Waals surface area contributed by atoms with E-state index in [1.807, 2.05) is 42.2 Å². The number of hydrogen-bond acceptors (Lipinski definition) is 3. The predicted molar refractivity (Wildman–Crippen MR) is 96.6 cm³/mol. The lowest BCUT2D eigenvalue weighted by molar-refractivity contribution is -0.118. The van der Waals surface area contributed by atoms with Crippen LogP contribution in [0.5, 0.6) is 0 Å². The van der Waals surface area contributed by atoms with Gasteiger partial charge >= 0.3 is 0 Å². The van der Waals surface area contributed by atoms with Crippen LogP contribution >= 0.6 is 0 Å². The predicted octanol–water partition coefficient (Wildman–Crippen LogP) is 3.19. The molecule has 128 valence electrons. The minimum Gasteiger partial charge on any atom is -0.311 e. The highest BCUT2D eigenvalue weighted by molar-refractivity contribution is 5.93. The van der Waals surface area contributed by atoms with E-state index in [0.717, 1.165) is 32.0 Å². The fourth-order valence-electron chi connectivity index (χ4n) is 3.13. The third-order valence-electron chi connectivity index (χ3n) is 4.49. The second kappa shape index (κ2) is 9.68. The fraction of sp³-hybridized carbons (Fsp3) is 0.632. The molecular weight excluding hydrogens is 286 g/mol. The Morgan fingerprint density at radius 3 is 2.43 bits per heavy atom. The Balaban J connectivity index is 1.89. The summed E-state index contributed by atoms with van der Waals surface area (Å²) < 4.78 is 0. The first-order valence-electron chi connectivity index (χ1n) is 9.04. The first kappa shape index (κ1) is 18.0. The third kappa shape index (κ3) is 5.63. The van der Waals surface area contributed by atoms with E-state index < -0.39 is 0 Å². The molecule has 4 heteroatoms. The van der Waals surface area contributed by atoms with Crippen molar-refractivity contribution in [2.75, 3.05) is 44.3 Å². The van der Waals surface area contributed by atoms with Crippen LogP contribution in [0.4, 0.5) is 5.69 Å². The summed E-state index contributed by atoms with van der Waals surface area (Å²) in [5, 5.41) is 0. The van der Waals surface area contributed by atoms with Gasteiger partial charge < -0.3 is 4.90 Å². The fourth-order valence-corrected chi connectivity index (χ4v) is 3.13. The van der Waals surface area contributed by atoms with Crippen LogP contribution in [0, 0.1) is 0 Å². The number of rotatable bonds is 8. The molecule has 1 saturated heterocycles. The van der Waals surface area contributed by atoms with Crippen molar-refractivity contribution in [3.8, 4) is 0 Å². The number of unbranched alkanes of at least 4 members (excludes halogenated alkanes) is 1. The lowest BCUT2D eigenvalue weighted by Gasteiger charge is -2.36. The van der Waals surface area contributed by atoms with Gasteiger partial charge in [-0.3, -0.25) is 14.6 Å². The first-order valence-corrected chi connectivity index (χ1v) is 9.04. The summed E-state index contributed by atoms with van der Waals surface area (Å²) in [6.45, 7) is 10.5. The number of benzene rings is 1. The molecule has 0 aromatic heterocycles. The van der Waals surface area contributed by atoms with E-state index in [-0.39, 0.29) is 5.91 Å². The van der Waals surface area contributed by atoms with Crippen molar-refractivity contribution in [3.63, 3.8) is 0 Å². The van der Waals surface area contributed by atoms with Crippen molar-refractivity contribution in [2.24, 2.45) is 0 Å². The topological polar surface area (TPSA) is 26.8 Å². The van der Waals surface area contributed by atoms with Crippen LogP contribution in [0.25, 0.3) is 0 Å². The lowest BCUT2D eigenvalue weighted by atomic mass is 10.2. The molecule has 1 amide bonds. The van der Waals surface area contributed by atoms with Gasteiger partial charge in [0.1, 0.15) is 0 Å². The van der Waals surface area contributed by atoms with Crippen LogP contribution in [-0.4, -0.2) is 55.1 Å². The molecule has 0 N–H and O–H groups in total. The highest BCUT2D eigenvalue weighted by atomic mass is 16.2. The van der Waals surface area contributed by atoms with Crippen LogP contribution in [0.15, 0.2) is 30.3 Å². The molecule has 4 nitrogen and oxygen atoms in total. The molecule has 0 bridgehead atoms. The number of anilines is 1. The molecule has 1 aromatic carbocycles. The summed E-state index contributed by atoms with van der Waals surface area (Å²) in [4.78, 5) is 19.3. The van der Waals surface area contributed by atoms with E-state index in [1.165, 1.54) is 32.4 Å². The van der Waals surface area contributed by atoms with Crippen molar-refractivity contribution in [1.82, 2.24) is 9.80 Å². The van der Waals surface area contributed by atoms with Gasteiger partial charge in [0, 0.05) is 38.3 Å². The summed E-state index contributed by atoms with van der Waals surface area (Å²) in [6.07, 6.45) is 4.32. The van der Waals surface area contributed by atoms with Crippen LogP contribution in [0.3, 0.4) is 0 Å². The number of nitrogens with zero attached hydrogens (tertiary/aromatic N) is 3. The van der Waals surface area contributed by atoms with Crippen molar-refractivity contribution < 1.29 is 4.79 Å². The SMILES string of the molecule is CCCCN1CCCN(CCN(C(=O)CC)c2ccccc2)C1. The van der Waals surface area contributed by atoms with Gasteiger partial charge in [0.05, 0.1) is 6.67 Å². The molecule has 1 heterocycles. The highest BCUT2D eigenvalue weighted by Crippen LogP contribution is 2.15. The summed E-state index contributed by atoms with van der Waals surface area (Å²) in [5.41, 5.74) is 1.01. The molecule has 2 rings (SSSR count). The normalized spacial score (nSPS) is 16.4. The molecule has 1 aliphatic heterocycles. The van der Waals surface area contributed by atoms with Crippen molar-refractivity contribution in [2.45, 2.75) is 39.5 Å². The molecular formula is C19H31N3O. The minimum atomic E-state index is 0.205. The molecule has 0 radical (unpaired) electrons. The Kier molecular flexibility index (Phi) is 7.56. The monoisotopic (exact) mass is 317 g/mol. The van der Waals surface area contributed by atoms with Gasteiger partial charge in [0.15, 0.2) is 0 Å². The Labute approximate surface area is 141 Å². The van der Waals surface area contributed by atoms with E-state index in [2.05, 4.69) is 16.7 Å². The average Bonchev–Trinajstić information content (AvgIpc) is 2.61. The van der Waals surface area contributed by atoms with E-state index in [9.17, 15) is 4.79 Å². The molecule has 0 spiro atoms. The van der Waals surface area contributed by atoms with Gasteiger partial charge in [0.25, 0.3) is 0 Å². The number of amides is 1. The summed E-state index contributed by atoms with van der Waals surface area (Å²) >= 11 is 0. The van der Waals surface area contributed by atoms with E-state index >= 15 is 0 Å². The Morgan fingerprint density at radius 2 is 1.78 bits per heavy atom. The van der Waals surface area contributed by atoms with Gasteiger partial charge in [-0.1, -0.05) is 38.5 Å². The smallest absolute Gasteiger partial charge is 0.226 e. The zero-order valence-electron chi connectivity index (χ0n) is 14.7. The van der Waals surface area contributed by atoms with Crippen molar-refractivity contribution in [3.05, 3.63) is 30.3 Å². The number of carbonyl (C=O) groups excluding carboxylic acids is 1. The second-order valence-electron chi connectivity index (χ2n) is 6.32. The quantitative estimate of drug-likeness (QED) is 0.737. The maximum atomic E-state index is 12.3. The molecule has 0 unspecified atom stereocenters. The van der Waals surface area contributed by atoms with Gasteiger partial charge in [0.2, 0.25) is 5.91 Å². The number of hydrogen-bond donors (Lipinski definition) is 0. The standard InChI is InChI=1S/C19H31N3O/c1-3-5-12-20-13-9-14-21(17-20)15-16-22(19(23)4-2)18-10-7-6-8-11-18/h6-8,10-11H,3-5,9,12-17H2,1-2H3. The largest absolute Gasteiger partial charge is 0.311 e. The summed E-state index contributed by atoms with van der Waals surface area (Å²) in [7, 11) is 0. The van der Waals surface area contributed by atoms with Crippen LogP contribution in [0.1, 0.15) is 39.5 Å². The van der Waals surface area contributed by atoms with Crippen LogP contribution in [-0.2, 0) is 4.79 Å². The zero-order chi connectivity index (χ0) is 16.5. The van der Waals surface area contributed by atoms with Gasteiger partial charge in [-0.05, 0) is 31.5 Å². The zero-order valence-corrected chi connectivity index (χ0v) is 14.7. The number of para-hydroxylation sites is 1. The van der Waals surface area contributed by atoms with Crippen molar-refractivity contribution >= 4 is 11.6 Å². The molecule has 23 heavy (non-hydrogen) atoms. The van der Waals surface area contributed by atoms with E-state index in [4.69, 9.17) is 0 Å². The van der Waals surface area contributed by atoms with Crippen LogP contribution < -0.4 is 4.90 Å².